The third-order valence-corrected chi connectivity index (χ3v) is 4.63. The van der Waals surface area contributed by atoms with Crippen molar-refractivity contribution in [2.45, 2.75) is 20.8 Å². The predicted molar refractivity (Wildman–Crippen MR) is 51.4 cm³/mol. The molecule has 0 rings (SSSR count). The maximum absolute atomic E-state index is 11.5. The molecule has 0 radical (unpaired) electrons. The number of phosphoric acid groups is 1. The lowest BCUT2D eigenvalue weighted by atomic mass is 10.9. The number of phosphoric ester groups is 1. The van der Waals surface area contributed by atoms with Gasteiger partial charge < -0.3 is 0 Å². The monoisotopic (exact) mass is 246 g/mol. The summed E-state index contributed by atoms with van der Waals surface area (Å²) in [4.78, 5) is 0. The maximum Gasteiger partial charge on any atom is 0.489 e. The lowest BCUT2D eigenvalue weighted by molar-refractivity contribution is 0.170. The van der Waals surface area contributed by atoms with Crippen LogP contribution in [-0.4, -0.2) is 27.4 Å². The van der Waals surface area contributed by atoms with Crippen LogP contribution >= 0.6 is 7.82 Å². The van der Waals surface area contributed by atoms with Gasteiger partial charge in [-0.05, 0) is 20.8 Å². The van der Waals surface area contributed by atoms with Crippen molar-refractivity contribution < 1.29 is 26.0 Å². The highest BCUT2D eigenvalue weighted by molar-refractivity contribution is 7.90. The number of rotatable bonds is 7. The summed E-state index contributed by atoms with van der Waals surface area (Å²) >= 11 is 0. The third kappa shape index (κ3) is 5.07. The molecule has 0 amide bonds. The minimum Gasteiger partial charge on any atom is -0.286 e. The zero-order valence-electron chi connectivity index (χ0n) is 8.43. The van der Waals surface area contributed by atoms with Crippen LogP contribution in [0.2, 0.25) is 0 Å². The van der Waals surface area contributed by atoms with Crippen LogP contribution in [0.1, 0.15) is 20.8 Å². The molecule has 0 aliphatic rings. The standard InChI is InChI=1S/C6H15O6PS/c1-4-10-13(7,11-5-2)12-14(8,9)6-3/h4-6H2,1-3H3. The van der Waals surface area contributed by atoms with Gasteiger partial charge in [-0.25, -0.2) is 4.57 Å². The van der Waals surface area contributed by atoms with E-state index in [1.54, 1.807) is 13.8 Å². The molecule has 86 valence electrons. The normalized spacial score (nSPS) is 13.1. The van der Waals surface area contributed by atoms with Gasteiger partial charge in [-0.3, -0.25) is 9.05 Å². The van der Waals surface area contributed by atoms with E-state index in [0.29, 0.717) is 0 Å². The molecule has 8 heteroatoms. The highest BCUT2D eigenvalue weighted by Gasteiger charge is 2.31. The highest BCUT2D eigenvalue weighted by Crippen LogP contribution is 2.50. The van der Waals surface area contributed by atoms with Crippen LogP contribution < -0.4 is 0 Å². The maximum atomic E-state index is 11.5. The molecule has 0 aromatic carbocycles. The minimum absolute atomic E-state index is 0.0521. The molecule has 6 nitrogen and oxygen atoms in total. The van der Waals surface area contributed by atoms with Crippen LogP contribution in [0.4, 0.5) is 0 Å². The molecule has 0 aromatic heterocycles. The van der Waals surface area contributed by atoms with E-state index in [-0.39, 0.29) is 19.0 Å². The summed E-state index contributed by atoms with van der Waals surface area (Å²) in [6.45, 7) is 4.60. The fourth-order valence-electron chi connectivity index (χ4n) is 0.588. The summed E-state index contributed by atoms with van der Waals surface area (Å²) < 4.78 is 47.2. The number of hydrogen-bond acceptors (Lipinski definition) is 6. The second kappa shape index (κ2) is 5.82. The quantitative estimate of drug-likeness (QED) is 0.634. The lowest BCUT2D eigenvalue weighted by Gasteiger charge is -2.14. The van der Waals surface area contributed by atoms with Gasteiger partial charge in [-0.1, -0.05) is 0 Å². The molecular formula is C6H15O6PS. The van der Waals surface area contributed by atoms with Crippen LogP contribution in [0.5, 0.6) is 0 Å². The second-order valence-electron chi connectivity index (χ2n) is 2.20. The average molecular weight is 246 g/mol. The molecule has 0 N–H and O–H groups in total. The molecule has 0 atom stereocenters. The summed E-state index contributed by atoms with van der Waals surface area (Å²) in [6.07, 6.45) is 0. The van der Waals surface area contributed by atoms with Crippen LogP contribution in [0, 0.1) is 0 Å². The Bertz CT molecular complexity index is 287. The topological polar surface area (TPSA) is 78.9 Å². The molecule has 0 aliphatic heterocycles. The Kier molecular flexibility index (Phi) is 5.85. The first-order valence-electron chi connectivity index (χ1n) is 4.22. The van der Waals surface area contributed by atoms with E-state index in [9.17, 15) is 13.0 Å². The summed E-state index contributed by atoms with van der Waals surface area (Å²) in [6, 6.07) is 0. The first-order chi connectivity index (χ1) is 6.39. The molecule has 0 aliphatic carbocycles. The van der Waals surface area contributed by atoms with Crippen LogP contribution in [0.25, 0.3) is 0 Å². The van der Waals surface area contributed by atoms with Crippen molar-refractivity contribution in [3.05, 3.63) is 0 Å². The Morgan fingerprint density at radius 1 is 1.07 bits per heavy atom. The summed E-state index contributed by atoms with van der Waals surface area (Å²) in [7, 11) is -7.78. The molecule has 0 bridgehead atoms. The van der Waals surface area contributed by atoms with E-state index in [1.807, 2.05) is 0 Å². The fraction of sp³-hybridized carbons (Fsp3) is 1.00. The molecule has 0 aromatic rings. The van der Waals surface area contributed by atoms with Gasteiger partial charge >= 0.3 is 7.82 Å². The van der Waals surface area contributed by atoms with Gasteiger partial charge in [-0.2, -0.15) is 12.4 Å². The van der Waals surface area contributed by atoms with Crippen molar-refractivity contribution in [2.24, 2.45) is 0 Å². The lowest BCUT2D eigenvalue weighted by Crippen LogP contribution is -2.09. The first-order valence-corrected chi connectivity index (χ1v) is 7.26. The van der Waals surface area contributed by atoms with E-state index < -0.39 is 17.9 Å². The average Bonchev–Trinajstić information content (AvgIpc) is 2.03. The largest absolute Gasteiger partial charge is 0.489 e. The van der Waals surface area contributed by atoms with Crippen molar-refractivity contribution >= 4 is 17.9 Å². The predicted octanol–water partition coefficient (Wildman–Crippen LogP) is 1.53. The Morgan fingerprint density at radius 3 is 1.79 bits per heavy atom. The Hall–Kier alpha value is 0.0600. The van der Waals surface area contributed by atoms with Crippen molar-refractivity contribution in [2.75, 3.05) is 19.0 Å². The van der Waals surface area contributed by atoms with Gasteiger partial charge in [-0.15, -0.1) is 0 Å². The molecule has 14 heavy (non-hydrogen) atoms. The number of hydrogen-bond donors (Lipinski definition) is 0. The van der Waals surface area contributed by atoms with Crippen LogP contribution in [-0.2, 0) is 27.7 Å². The molecule has 0 saturated heterocycles. The van der Waals surface area contributed by atoms with E-state index in [2.05, 4.69) is 13.0 Å². The van der Waals surface area contributed by atoms with Crippen LogP contribution in [0.3, 0.4) is 0 Å². The highest BCUT2D eigenvalue weighted by atomic mass is 32.2. The molecule has 0 fully saturated rings. The molecule has 0 unspecified atom stereocenters. The first kappa shape index (κ1) is 14.1. The van der Waals surface area contributed by atoms with Crippen LogP contribution in [0.15, 0.2) is 0 Å². The Balaban J connectivity index is 4.61. The Labute approximate surface area is 84.3 Å². The zero-order chi connectivity index (χ0) is 11.2. The SMILES string of the molecule is CCOP(=O)(OCC)OS(=O)(=O)CC. The van der Waals surface area contributed by atoms with Gasteiger partial charge in [0.05, 0.1) is 19.0 Å². The van der Waals surface area contributed by atoms with Gasteiger partial charge in [0.15, 0.2) is 0 Å². The van der Waals surface area contributed by atoms with Gasteiger partial charge in [0.2, 0.25) is 0 Å². The van der Waals surface area contributed by atoms with Gasteiger partial charge in [0.1, 0.15) is 0 Å². The van der Waals surface area contributed by atoms with Crippen molar-refractivity contribution in [1.82, 2.24) is 0 Å². The zero-order valence-corrected chi connectivity index (χ0v) is 10.1. The van der Waals surface area contributed by atoms with E-state index in [4.69, 9.17) is 0 Å². The minimum atomic E-state index is -3.95. The van der Waals surface area contributed by atoms with Crippen molar-refractivity contribution in [1.29, 1.82) is 0 Å². The van der Waals surface area contributed by atoms with E-state index in [1.165, 1.54) is 6.92 Å². The molecular weight excluding hydrogens is 231 g/mol. The molecule has 0 saturated carbocycles. The van der Waals surface area contributed by atoms with E-state index >= 15 is 0 Å². The van der Waals surface area contributed by atoms with Gasteiger partial charge in [0, 0.05) is 0 Å². The van der Waals surface area contributed by atoms with Gasteiger partial charge in [0.25, 0.3) is 10.1 Å². The molecule has 0 heterocycles. The third-order valence-electron chi connectivity index (χ3n) is 1.13. The smallest absolute Gasteiger partial charge is 0.286 e. The second-order valence-corrected chi connectivity index (χ2v) is 5.90. The summed E-state index contributed by atoms with van der Waals surface area (Å²) in [5.74, 6) is -0.281. The summed E-state index contributed by atoms with van der Waals surface area (Å²) in [5, 5.41) is 0. The Morgan fingerprint density at radius 2 is 1.50 bits per heavy atom. The molecule has 0 spiro atoms. The van der Waals surface area contributed by atoms with E-state index in [0.717, 1.165) is 0 Å². The van der Waals surface area contributed by atoms with Crippen molar-refractivity contribution in [3.63, 3.8) is 0 Å². The summed E-state index contributed by atoms with van der Waals surface area (Å²) in [5.41, 5.74) is 0. The van der Waals surface area contributed by atoms with Crippen molar-refractivity contribution in [3.8, 4) is 0 Å². The fourth-order valence-corrected chi connectivity index (χ4v) is 3.17.